The second-order valence-electron chi connectivity index (χ2n) is 5.03. The van der Waals surface area contributed by atoms with Crippen molar-refractivity contribution in [2.45, 2.75) is 19.0 Å². The van der Waals surface area contributed by atoms with Crippen LogP contribution in [0.2, 0.25) is 0 Å². The normalized spacial score (nSPS) is 17.3. The summed E-state index contributed by atoms with van der Waals surface area (Å²) in [4.78, 5) is 0. The van der Waals surface area contributed by atoms with Gasteiger partial charge in [-0.05, 0) is 41.3 Å². The van der Waals surface area contributed by atoms with Crippen LogP contribution in [0.3, 0.4) is 0 Å². The third-order valence-corrected chi connectivity index (χ3v) is 3.73. The maximum absolute atomic E-state index is 12.7. The molecule has 0 nitrogen and oxygen atoms in total. The van der Waals surface area contributed by atoms with Crippen molar-refractivity contribution >= 4 is 6.08 Å². The van der Waals surface area contributed by atoms with Gasteiger partial charge in [0.2, 0.25) is 0 Å². The van der Waals surface area contributed by atoms with Crippen molar-refractivity contribution < 1.29 is 13.2 Å². The molecule has 1 atom stereocenters. The SMILES string of the molecule is Cc1cc(C(F)(F)F)ccc1C1C=Cc2ccccc21. The molecule has 0 heterocycles. The summed E-state index contributed by atoms with van der Waals surface area (Å²) in [7, 11) is 0. The molecule has 3 heteroatoms. The zero-order valence-electron chi connectivity index (χ0n) is 10.9. The highest BCUT2D eigenvalue weighted by atomic mass is 19.4. The zero-order chi connectivity index (χ0) is 14.3. The van der Waals surface area contributed by atoms with Crippen molar-refractivity contribution in [3.05, 3.63) is 76.4 Å². The predicted molar refractivity (Wildman–Crippen MR) is 73.5 cm³/mol. The molecule has 0 spiro atoms. The van der Waals surface area contributed by atoms with Gasteiger partial charge in [-0.2, -0.15) is 13.2 Å². The molecule has 0 amide bonds. The van der Waals surface area contributed by atoms with E-state index < -0.39 is 11.7 Å². The minimum atomic E-state index is -4.29. The highest BCUT2D eigenvalue weighted by molar-refractivity contribution is 5.65. The van der Waals surface area contributed by atoms with Crippen LogP contribution in [0.4, 0.5) is 13.2 Å². The summed E-state index contributed by atoms with van der Waals surface area (Å²) in [6, 6.07) is 11.9. The molecule has 0 N–H and O–H groups in total. The van der Waals surface area contributed by atoms with Gasteiger partial charge in [0.1, 0.15) is 0 Å². The molecule has 0 radical (unpaired) electrons. The Morgan fingerprint density at radius 1 is 0.950 bits per heavy atom. The predicted octanol–water partition coefficient (Wildman–Crippen LogP) is 5.17. The molecular formula is C17H13F3. The standard InChI is InChI=1S/C17H13F3/c1-11-10-13(17(18,19)20)7-9-14(11)16-8-6-12-4-2-3-5-15(12)16/h2-10,16H,1H3. The van der Waals surface area contributed by atoms with Gasteiger partial charge in [-0.1, -0.05) is 42.5 Å². The smallest absolute Gasteiger partial charge is 0.166 e. The van der Waals surface area contributed by atoms with Crippen molar-refractivity contribution in [2.24, 2.45) is 0 Å². The van der Waals surface area contributed by atoms with E-state index in [0.29, 0.717) is 5.56 Å². The summed E-state index contributed by atoms with van der Waals surface area (Å²) in [5, 5.41) is 0. The first-order valence-corrected chi connectivity index (χ1v) is 6.42. The van der Waals surface area contributed by atoms with Crippen LogP contribution in [0.1, 0.15) is 33.7 Å². The topological polar surface area (TPSA) is 0 Å². The van der Waals surface area contributed by atoms with E-state index in [1.807, 2.05) is 36.4 Å². The second kappa shape index (κ2) is 4.51. The largest absolute Gasteiger partial charge is 0.416 e. The number of allylic oxidation sites excluding steroid dienone is 1. The number of alkyl halides is 3. The van der Waals surface area contributed by atoms with E-state index in [0.717, 1.165) is 22.8 Å². The van der Waals surface area contributed by atoms with Crippen molar-refractivity contribution in [3.8, 4) is 0 Å². The Hall–Kier alpha value is -2.03. The van der Waals surface area contributed by atoms with Crippen LogP contribution in [0.5, 0.6) is 0 Å². The maximum atomic E-state index is 12.7. The Bertz CT molecular complexity index is 681. The van der Waals surface area contributed by atoms with Crippen LogP contribution < -0.4 is 0 Å². The molecule has 1 aliphatic rings. The first-order chi connectivity index (χ1) is 9.47. The van der Waals surface area contributed by atoms with Crippen LogP contribution in [-0.4, -0.2) is 0 Å². The van der Waals surface area contributed by atoms with Gasteiger partial charge in [0, 0.05) is 5.92 Å². The summed E-state index contributed by atoms with van der Waals surface area (Å²) in [6.07, 6.45) is -0.218. The summed E-state index contributed by atoms with van der Waals surface area (Å²) in [5.74, 6) is 0.0495. The Labute approximate surface area is 115 Å². The molecule has 0 aliphatic heterocycles. The lowest BCUT2D eigenvalue weighted by Crippen LogP contribution is -2.07. The first kappa shape index (κ1) is 13.0. The molecule has 102 valence electrons. The lowest BCUT2D eigenvalue weighted by atomic mass is 9.89. The van der Waals surface area contributed by atoms with Crippen molar-refractivity contribution in [2.75, 3.05) is 0 Å². The fourth-order valence-electron chi connectivity index (χ4n) is 2.72. The summed E-state index contributed by atoms with van der Waals surface area (Å²) in [6.45, 7) is 1.74. The van der Waals surface area contributed by atoms with Crippen molar-refractivity contribution in [1.29, 1.82) is 0 Å². The highest BCUT2D eigenvalue weighted by Gasteiger charge is 2.31. The number of hydrogen-bond acceptors (Lipinski definition) is 0. The van der Waals surface area contributed by atoms with Gasteiger partial charge in [-0.15, -0.1) is 0 Å². The Morgan fingerprint density at radius 3 is 2.40 bits per heavy atom. The molecular weight excluding hydrogens is 261 g/mol. The van der Waals surface area contributed by atoms with Gasteiger partial charge in [-0.3, -0.25) is 0 Å². The van der Waals surface area contributed by atoms with Crippen LogP contribution in [-0.2, 0) is 6.18 Å². The van der Waals surface area contributed by atoms with Gasteiger partial charge >= 0.3 is 6.18 Å². The van der Waals surface area contributed by atoms with Gasteiger partial charge < -0.3 is 0 Å². The summed E-state index contributed by atoms with van der Waals surface area (Å²) >= 11 is 0. The lowest BCUT2D eigenvalue weighted by molar-refractivity contribution is -0.137. The van der Waals surface area contributed by atoms with Gasteiger partial charge in [0.05, 0.1) is 5.56 Å². The van der Waals surface area contributed by atoms with Crippen molar-refractivity contribution in [3.63, 3.8) is 0 Å². The fourth-order valence-corrected chi connectivity index (χ4v) is 2.72. The molecule has 2 aromatic rings. The number of rotatable bonds is 1. The third kappa shape index (κ3) is 2.13. The minimum Gasteiger partial charge on any atom is -0.166 e. The average molecular weight is 274 g/mol. The monoisotopic (exact) mass is 274 g/mol. The number of benzene rings is 2. The van der Waals surface area contributed by atoms with Gasteiger partial charge in [0.25, 0.3) is 0 Å². The van der Waals surface area contributed by atoms with E-state index in [1.165, 1.54) is 6.07 Å². The first-order valence-electron chi connectivity index (χ1n) is 6.42. The molecule has 1 aliphatic carbocycles. The molecule has 0 bridgehead atoms. The van der Waals surface area contributed by atoms with E-state index in [9.17, 15) is 13.2 Å². The van der Waals surface area contributed by atoms with E-state index in [4.69, 9.17) is 0 Å². The van der Waals surface area contributed by atoms with Gasteiger partial charge in [-0.25, -0.2) is 0 Å². The molecule has 1 unspecified atom stereocenters. The third-order valence-electron chi connectivity index (χ3n) is 3.73. The minimum absolute atomic E-state index is 0.0495. The molecule has 0 saturated heterocycles. The zero-order valence-corrected chi connectivity index (χ0v) is 10.9. The average Bonchev–Trinajstić information content (AvgIpc) is 2.81. The number of aryl methyl sites for hydroxylation is 1. The Kier molecular flexibility index (Phi) is 2.93. The molecule has 3 rings (SSSR count). The molecule has 0 aromatic heterocycles. The van der Waals surface area contributed by atoms with E-state index in [-0.39, 0.29) is 5.92 Å². The Balaban J connectivity index is 2.03. The van der Waals surface area contributed by atoms with E-state index in [2.05, 4.69) is 0 Å². The van der Waals surface area contributed by atoms with E-state index >= 15 is 0 Å². The number of hydrogen-bond donors (Lipinski definition) is 0. The number of halogens is 3. The highest BCUT2D eigenvalue weighted by Crippen LogP contribution is 2.38. The molecule has 0 fully saturated rings. The van der Waals surface area contributed by atoms with E-state index in [1.54, 1.807) is 13.0 Å². The summed E-state index contributed by atoms with van der Waals surface area (Å²) in [5.41, 5.74) is 3.30. The van der Waals surface area contributed by atoms with Crippen LogP contribution in [0.25, 0.3) is 6.08 Å². The maximum Gasteiger partial charge on any atom is 0.416 e. The molecule has 2 aromatic carbocycles. The molecule has 0 saturated carbocycles. The Morgan fingerprint density at radius 2 is 1.70 bits per heavy atom. The lowest BCUT2D eigenvalue weighted by Gasteiger charge is -2.16. The van der Waals surface area contributed by atoms with Gasteiger partial charge in [0.15, 0.2) is 0 Å². The molecule has 20 heavy (non-hydrogen) atoms. The van der Waals surface area contributed by atoms with Crippen LogP contribution in [0.15, 0.2) is 48.5 Å². The fraction of sp³-hybridized carbons (Fsp3) is 0.176. The second-order valence-corrected chi connectivity index (χ2v) is 5.03. The van der Waals surface area contributed by atoms with Crippen molar-refractivity contribution in [1.82, 2.24) is 0 Å². The van der Waals surface area contributed by atoms with Crippen LogP contribution in [0, 0.1) is 6.92 Å². The quantitative estimate of drug-likeness (QED) is 0.672. The summed E-state index contributed by atoms with van der Waals surface area (Å²) < 4.78 is 38.1. The number of fused-ring (bicyclic) bond motifs is 1. The van der Waals surface area contributed by atoms with Crippen LogP contribution >= 0.6 is 0 Å².